The van der Waals surface area contributed by atoms with Gasteiger partial charge in [-0.05, 0) is 45.0 Å². The van der Waals surface area contributed by atoms with Crippen molar-refractivity contribution in [3.63, 3.8) is 0 Å². The van der Waals surface area contributed by atoms with E-state index >= 15 is 0 Å². The van der Waals surface area contributed by atoms with E-state index in [4.69, 9.17) is 10.1 Å². The summed E-state index contributed by atoms with van der Waals surface area (Å²) in [4.78, 5) is 25.5. The molecule has 0 saturated heterocycles. The molecule has 35 heavy (non-hydrogen) atoms. The van der Waals surface area contributed by atoms with E-state index in [0.29, 0.717) is 16.8 Å². The van der Waals surface area contributed by atoms with Gasteiger partial charge in [-0.3, -0.25) is 9.67 Å². The smallest absolute Gasteiger partial charge is 0.360 e. The number of rotatable bonds is 6. The number of nitrogens with one attached hydrogen (secondary N) is 1. The summed E-state index contributed by atoms with van der Waals surface area (Å²) in [6.45, 7) is 5.31. The van der Waals surface area contributed by atoms with Gasteiger partial charge in [-0.1, -0.05) is 0 Å². The van der Waals surface area contributed by atoms with Crippen molar-refractivity contribution in [2.24, 2.45) is 0 Å². The largest absolute Gasteiger partial charge is 0.401 e. The maximum absolute atomic E-state index is 14.2. The molecular weight excluding hydrogens is 451 g/mol. The fourth-order valence-corrected chi connectivity index (χ4v) is 3.73. The van der Waals surface area contributed by atoms with Crippen LogP contribution >= 0.6 is 0 Å². The van der Waals surface area contributed by atoms with Gasteiger partial charge in [0.05, 0.1) is 47.1 Å². The summed E-state index contributed by atoms with van der Waals surface area (Å²) in [6, 6.07) is 11.4. The first-order chi connectivity index (χ1) is 16.7. The average Bonchev–Trinajstić information content (AvgIpc) is 3.44. The van der Waals surface area contributed by atoms with Gasteiger partial charge in [-0.2, -0.15) is 20.9 Å². The first-order valence-corrected chi connectivity index (χ1v) is 10.5. The summed E-state index contributed by atoms with van der Waals surface area (Å²) in [7, 11) is 0. The van der Waals surface area contributed by atoms with Crippen LogP contribution < -0.4 is 10.5 Å². The van der Waals surface area contributed by atoms with Crippen LogP contribution in [0.3, 0.4) is 0 Å². The topological polar surface area (TPSA) is 149 Å². The second-order valence-electron chi connectivity index (χ2n) is 8.46. The van der Waals surface area contributed by atoms with Crippen molar-refractivity contribution in [2.75, 3.05) is 0 Å². The molecule has 0 unspecified atom stereocenters. The molecule has 0 amide bonds. The normalized spacial score (nSPS) is 12.0. The van der Waals surface area contributed by atoms with Crippen LogP contribution in [0, 0.1) is 39.8 Å². The Labute approximate surface area is 199 Å². The van der Waals surface area contributed by atoms with Gasteiger partial charge in [0, 0.05) is 17.3 Å². The maximum Gasteiger partial charge on any atom is 0.360 e. The molecule has 0 bridgehead atoms. The minimum absolute atomic E-state index is 0.0493. The number of H-pyrrole nitrogens is 1. The number of nitrogens with zero attached hydrogens (tertiary/aromatic N) is 7. The van der Waals surface area contributed by atoms with E-state index in [9.17, 15) is 19.7 Å². The molecule has 1 atom stereocenters. The predicted molar refractivity (Wildman–Crippen MR) is 122 cm³/mol. The van der Waals surface area contributed by atoms with E-state index in [0.717, 1.165) is 10.8 Å². The number of hydrogen-bond donors (Lipinski definition) is 1. The van der Waals surface area contributed by atoms with Crippen molar-refractivity contribution < 1.29 is 9.23 Å². The van der Waals surface area contributed by atoms with Crippen LogP contribution in [0.2, 0.25) is 0 Å². The quantitative estimate of drug-likeness (QED) is 0.454. The molecule has 0 aliphatic rings. The van der Waals surface area contributed by atoms with Crippen molar-refractivity contribution >= 4 is 11.2 Å². The van der Waals surface area contributed by atoms with Crippen LogP contribution in [-0.4, -0.2) is 24.5 Å². The van der Waals surface area contributed by atoms with E-state index in [1.807, 2.05) is 19.9 Å². The molecule has 3 heterocycles. The Kier molecular flexibility index (Phi) is 5.82. The van der Waals surface area contributed by atoms with Crippen LogP contribution in [-0.2, 0) is 5.54 Å². The highest BCUT2D eigenvalue weighted by Crippen LogP contribution is 2.27. The van der Waals surface area contributed by atoms with Gasteiger partial charge in [0.15, 0.2) is 11.8 Å². The lowest BCUT2D eigenvalue weighted by Gasteiger charge is -2.21. The summed E-state index contributed by atoms with van der Waals surface area (Å²) < 4.78 is 16.8. The average molecular weight is 470 g/mol. The van der Waals surface area contributed by atoms with E-state index < -0.39 is 23.1 Å². The third-order valence-corrected chi connectivity index (χ3v) is 5.61. The van der Waals surface area contributed by atoms with E-state index in [2.05, 4.69) is 21.1 Å². The Morgan fingerprint density at radius 1 is 1.20 bits per heavy atom. The van der Waals surface area contributed by atoms with Crippen molar-refractivity contribution in [3.05, 3.63) is 69.7 Å². The molecule has 4 rings (SSSR count). The predicted octanol–water partition coefficient (Wildman–Crippen LogP) is 3.31. The zero-order valence-electron chi connectivity index (χ0n) is 19.1. The molecule has 0 aliphatic carbocycles. The number of aromatic nitrogens is 5. The number of imidazole rings is 1. The lowest BCUT2D eigenvalue weighted by molar-refractivity contribution is 0.0487. The highest BCUT2D eigenvalue weighted by molar-refractivity contribution is 5.75. The highest BCUT2D eigenvalue weighted by Gasteiger charge is 2.24. The summed E-state index contributed by atoms with van der Waals surface area (Å²) in [5, 5.41) is 32.2. The van der Waals surface area contributed by atoms with Crippen LogP contribution in [0.15, 0.2) is 41.5 Å². The third-order valence-electron chi connectivity index (χ3n) is 5.61. The Bertz CT molecular complexity index is 1620. The maximum atomic E-state index is 14.2. The summed E-state index contributed by atoms with van der Waals surface area (Å²) in [6.07, 6.45) is 2.68. The van der Waals surface area contributed by atoms with Crippen LogP contribution in [0.4, 0.5) is 4.39 Å². The fraction of sp³-hybridized carbons (Fsp3) is 0.250. The van der Waals surface area contributed by atoms with Gasteiger partial charge >= 0.3 is 5.69 Å². The molecule has 3 aromatic heterocycles. The Balaban J connectivity index is 1.70. The summed E-state index contributed by atoms with van der Waals surface area (Å²) in [5.41, 5.74) is 0.463. The van der Waals surface area contributed by atoms with Gasteiger partial charge in [-0.15, -0.1) is 4.73 Å². The molecule has 0 radical (unpaired) electrons. The molecule has 0 saturated carbocycles. The molecule has 1 aromatic carbocycles. The van der Waals surface area contributed by atoms with Gasteiger partial charge < -0.3 is 4.84 Å². The molecule has 1 N–H and O–H groups in total. The molecule has 0 aliphatic heterocycles. The molecular formula is C24H19FN8O2. The minimum atomic E-state index is -0.994. The third kappa shape index (κ3) is 4.09. The second kappa shape index (κ2) is 8.77. The Hall–Kier alpha value is -4.95. The first kappa shape index (κ1) is 23.2. The van der Waals surface area contributed by atoms with E-state index in [-0.39, 0.29) is 28.8 Å². The zero-order valence-corrected chi connectivity index (χ0v) is 19.1. The number of halogens is 1. The van der Waals surface area contributed by atoms with Crippen molar-refractivity contribution in [1.29, 1.82) is 15.8 Å². The Morgan fingerprint density at radius 3 is 2.66 bits per heavy atom. The monoisotopic (exact) mass is 470 g/mol. The highest BCUT2D eigenvalue weighted by atomic mass is 19.1. The number of hydrogen-bond acceptors (Lipinski definition) is 7. The van der Waals surface area contributed by atoms with Crippen LogP contribution in [0.25, 0.3) is 22.4 Å². The van der Waals surface area contributed by atoms with Crippen molar-refractivity contribution in [1.82, 2.24) is 24.5 Å². The van der Waals surface area contributed by atoms with Gasteiger partial charge in [-0.25, -0.2) is 14.2 Å². The number of aromatic amines is 1. The van der Waals surface area contributed by atoms with Crippen molar-refractivity contribution in [3.8, 4) is 29.5 Å². The first-order valence-electron chi connectivity index (χ1n) is 10.5. The van der Waals surface area contributed by atoms with E-state index in [1.54, 1.807) is 35.3 Å². The number of benzene rings is 1. The summed E-state index contributed by atoms with van der Waals surface area (Å²) >= 11 is 0. The molecule has 10 nitrogen and oxygen atoms in total. The molecule has 11 heteroatoms. The standard InChI is InChI=1S/C24H19FN8O2/c1-14(21-15(10-27)4-5-18(25)17(21)11-28)35-33-20-7-6-19(30-22(20)31-23(33)34)16-12-29-32(13-16)24(2,3)8-9-26/h4-7,12-14H,8H2,1-3H3,(H,30,31,34)/t14-/m1/s1. The fourth-order valence-electron chi connectivity index (χ4n) is 3.73. The lowest BCUT2D eigenvalue weighted by Crippen LogP contribution is -2.27. The van der Waals surface area contributed by atoms with Gasteiger partial charge in [0.1, 0.15) is 17.4 Å². The zero-order chi connectivity index (χ0) is 25.3. The van der Waals surface area contributed by atoms with Crippen LogP contribution in [0.5, 0.6) is 0 Å². The minimum Gasteiger partial charge on any atom is -0.401 e. The molecule has 4 aromatic rings. The van der Waals surface area contributed by atoms with Crippen LogP contribution in [0.1, 0.15) is 50.0 Å². The number of fused-ring (bicyclic) bond motifs is 1. The Morgan fingerprint density at radius 2 is 1.97 bits per heavy atom. The second-order valence-corrected chi connectivity index (χ2v) is 8.46. The lowest BCUT2D eigenvalue weighted by atomic mass is 9.98. The summed E-state index contributed by atoms with van der Waals surface area (Å²) in [5.74, 6) is -0.784. The van der Waals surface area contributed by atoms with E-state index in [1.165, 1.54) is 13.0 Å². The number of pyridine rings is 1. The van der Waals surface area contributed by atoms with Gasteiger partial charge in [0.2, 0.25) is 0 Å². The van der Waals surface area contributed by atoms with Crippen molar-refractivity contribution in [2.45, 2.75) is 38.8 Å². The molecule has 174 valence electrons. The SMILES string of the molecule is C[C@@H](On1c(=O)[nH]c2nc(-c3cnn(C(C)(C)CC#N)c3)ccc21)c1c(C#N)ccc(F)c1C#N. The van der Waals surface area contributed by atoms with Gasteiger partial charge in [0.25, 0.3) is 0 Å². The number of nitriles is 3. The molecule has 0 fully saturated rings. The molecule has 0 spiro atoms.